The molecule has 4 rings (SSSR count). The summed E-state index contributed by atoms with van der Waals surface area (Å²) in [5.41, 5.74) is 0.531. The zero-order valence-corrected chi connectivity index (χ0v) is 16.6. The second-order valence-corrected chi connectivity index (χ2v) is 9.40. The van der Waals surface area contributed by atoms with Crippen molar-refractivity contribution in [3.8, 4) is 0 Å². The summed E-state index contributed by atoms with van der Waals surface area (Å²) in [6, 6.07) is 0.746. The van der Waals surface area contributed by atoms with E-state index >= 15 is 0 Å². The monoisotopic (exact) mass is 363 g/mol. The van der Waals surface area contributed by atoms with Crippen molar-refractivity contribution in [2.45, 2.75) is 64.5 Å². The van der Waals surface area contributed by atoms with Crippen LogP contribution in [0.2, 0.25) is 0 Å². The van der Waals surface area contributed by atoms with Gasteiger partial charge in [-0.1, -0.05) is 13.3 Å². The van der Waals surface area contributed by atoms with Crippen LogP contribution in [0.3, 0.4) is 0 Å². The van der Waals surface area contributed by atoms with Crippen LogP contribution in [0.15, 0.2) is 0 Å². The van der Waals surface area contributed by atoms with Crippen molar-refractivity contribution in [1.29, 1.82) is 0 Å². The van der Waals surface area contributed by atoms with Crippen LogP contribution in [0.25, 0.3) is 0 Å². The molecule has 5 nitrogen and oxygen atoms in total. The summed E-state index contributed by atoms with van der Waals surface area (Å²) >= 11 is 0. The van der Waals surface area contributed by atoms with E-state index in [1.54, 1.807) is 0 Å². The first-order valence-electron chi connectivity index (χ1n) is 10.9. The third-order valence-electron chi connectivity index (χ3n) is 7.93. The summed E-state index contributed by atoms with van der Waals surface area (Å²) in [6.45, 7) is 9.86. The highest BCUT2D eigenvalue weighted by molar-refractivity contribution is 5.79. The van der Waals surface area contributed by atoms with Crippen LogP contribution < -0.4 is 10.6 Å². The van der Waals surface area contributed by atoms with Crippen molar-refractivity contribution in [3.63, 3.8) is 0 Å². The van der Waals surface area contributed by atoms with Crippen LogP contribution in [0.4, 0.5) is 0 Å². The molecule has 1 saturated carbocycles. The zero-order chi connectivity index (χ0) is 18.1. The second kappa shape index (κ2) is 7.76. The molecule has 4 fully saturated rings. The largest absolute Gasteiger partial charge is 0.377 e. The van der Waals surface area contributed by atoms with Crippen LogP contribution >= 0.6 is 0 Å². The van der Waals surface area contributed by atoms with Crippen molar-refractivity contribution in [3.05, 3.63) is 0 Å². The molecule has 3 heterocycles. The minimum absolute atomic E-state index is 0.182. The van der Waals surface area contributed by atoms with E-state index in [2.05, 4.69) is 29.4 Å². The second-order valence-electron chi connectivity index (χ2n) is 9.40. The molecule has 5 atom stereocenters. The van der Waals surface area contributed by atoms with Gasteiger partial charge in [-0.05, 0) is 75.9 Å². The van der Waals surface area contributed by atoms with E-state index in [0.717, 1.165) is 25.4 Å². The van der Waals surface area contributed by atoms with Gasteiger partial charge in [-0.2, -0.15) is 0 Å². The van der Waals surface area contributed by atoms with Gasteiger partial charge in [-0.25, -0.2) is 0 Å². The summed E-state index contributed by atoms with van der Waals surface area (Å²) in [4.78, 5) is 15.4. The molecule has 2 N–H and O–H groups in total. The third kappa shape index (κ3) is 3.43. The SMILES string of the molecule is CC1CNC(C2CCCC23CCNCC3)CC1C(=O)N1CCOCC1C. The van der Waals surface area contributed by atoms with Crippen molar-refractivity contribution >= 4 is 5.91 Å². The highest BCUT2D eigenvalue weighted by Gasteiger charge is 2.49. The average Bonchev–Trinajstić information content (AvgIpc) is 3.05. The maximum Gasteiger partial charge on any atom is 0.226 e. The Labute approximate surface area is 158 Å². The van der Waals surface area contributed by atoms with Crippen LogP contribution in [-0.2, 0) is 9.53 Å². The Morgan fingerprint density at radius 1 is 1.19 bits per heavy atom. The fourth-order valence-electron chi connectivity index (χ4n) is 6.33. The molecular formula is C21H37N3O2. The average molecular weight is 364 g/mol. The normalized spacial score (nSPS) is 40.7. The molecule has 1 spiro atoms. The van der Waals surface area contributed by atoms with Gasteiger partial charge >= 0.3 is 0 Å². The Morgan fingerprint density at radius 2 is 2.00 bits per heavy atom. The molecule has 1 amide bonds. The highest BCUT2D eigenvalue weighted by atomic mass is 16.5. The molecule has 1 aliphatic carbocycles. The number of nitrogens with zero attached hydrogens (tertiary/aromatic N) is 1. The molecular weight excluding hydrogens is 326 g/mol. The van der Waals surface area contributed by atoms with Crippen molar-refractivity contribution in [1.82, 2.24) is 15.5 Å². The Bertz CT molecular complexity index is 505. The number of carbonyl (C=O) groups is 1. The first-order chi connectivity index (χ1) is 12.6. The number of morpholine rings is 1. The quantitative estimate of drug-likeness (QED) is 0.788. The van der Waals surface area contributed by atoms with Gasteiger partial charge in [0, 0.05) is 18.5 Å². The van der Waals surface area contributed by atoms with Gasteiger partial charge in [0.05, 0.1) is 19.3 Å². The smallest absolute Gasteiger partial charge is 0.226 e. The minimum atomic E-state index is 0.182. The molecule has 0 radical (unpaired) electrons. The van der Waals surface area contributed by atoms with E-state index in [1.807, 2.05) is 0 Å². The molecule has 5 heteroatoms. The van der Waals surface area contributed by atoms with E-state index in [9.17, 15) is 4.79 Å². The maximum absolute atomic E-state index is 13.3. The van der Waals surface area contributed by atoms with Gasteiger partial charge in [0.15, 0.2) is 0 Å². The summed E-state index contributed by atoms with van der Waals surface area (Å²) in [5.74, 6) is 1.76. The molecule has 5 unspecified atom stereocenters. The fourth-order valence-corrected chi connectivity index (χ4v) is 6.33. The van der Waals surface area contributed by atoms with Gasteiger partial charge < -0.3 is 20.3 Å². The molecule has 148 valence electrons. The van der Waals surface area contributed by atoms with Crippen LogP contribution in [0.1, 0.15) is 52.4 Å². The lowest BCUT2D eigenvalue weighted by molar-refractivity contribution is -0.147. The van der Waals surface area contributed by atoms with Crippen molar-refractivity contribution in [2.75, 3.05) is 39.4 Å². The molecule has 4 aliphatic rings. The predicted molar refractivity (Wildman–Crippen MR) is 103 cm³/mol. The minimum Gasteiger partial charge on any atom is -0.377 e. The standard InChI is InChI=1S/C21H37N3O2/c1-15-13-23-19(18-4-3-5-21(18)6-8-22-9-7-21)12-17(15)20(25)24-10-11-26-14-16(24)2/h15-19,22-23H,3-14H2,1-2H3. The Balaban J connectivity index is 1.46. The topological polar surface area (TPSA) is 53.6 Å². The molecule has 26 heavy (non-hydrogen) atoms. The van der Waals surface area contributed by atoms with E-state index in [4.69, 9.17) is 4.74 Å². The van der Waals surface area contributed by atoms with Crippen LogP contribution in [0.5, 0.6) is 0 Å². The van der Waals surface area contributed by atoms with Crippen molar-refractivity contribution < 1.29 is 9.53 Å². The zero-order valence-electron chi connectivity index (χ0n) is 16.6. The lowest BCUT2D eigenvalue weighted by Crippen LogP contribution is -2.57. The van der Waals surface area contributed by atoms with Crippen molar-refractivity contribution in [2.24, 2.45) is 23.2 Å². The molecule has 0 bridgehead atoms. The van der Waals surface area contributed by atoms with Gasteiger partial charge in [-0.15, -0.1) is 0 Å². The summed E-state index contributed by atoms with van der Waals surface area (Å²) in [7, 11) is 0. The van der Waals surface area contributed by atoms with E-state index in [-0.39, 0.29) is 12.0 Å². The number of hydrogen-bond donors (Lipinski definition) is 2. The number of carbonyl (C=O) groups excluding carboxylic acids is 1. The Morgan fingerprint density at radius 3 is 2.77 bits per heavy atom. The van der Waals surface area contributed by atoms with E-state index < -0.39 is 0 Å². The lowest BCUT2D eigenvalue weighted by atomic mass is 9.65. The first-order valence-corrected chi connectivity index (χ1v) is 10.9. The number of hydrogen-bond acceptors (Lipinski definition) is 4. The number of piperidine rings is 2. The van der Waals surface area contributed by atoms with Gasteiger partial charge in [0.2, 0.25) is 5.91 Å². The molecule has 0 aromatic rings. The number of rotatable bonds is 2. The van der Waals surface area contributed by atoms with Gasteiger partial charge in [0.25, 0.3) is 0 Å². The number of nitrogens with one attached hydrogen (secondary N) is 2. The van der Waals surface area contributed by atoms with Crippen LogP contribution in [0, 0.1) is 23.2 Å². The molecule has 3 saturated heterocycles. The summed E-state index contributed by atoms with van der Waals surface area (Å²) in [6.07, 6.45) is 7.80. The van der Waals surface area contributed by atoms with Gasteiger partial charge in [0.1, 0.15) is 0 Å². The summed E-state index contributed by atoms with van der Waals surface area (Å²) in [5, 5.41) is 7.41. The Hall–Kier alpha value is -0.650. The van der Waals surface area contributed by atoms with Gasteiger partial charge in [-0.3, -0.25) is 4.79 Å². The molecule has 0 aromatic carbocycles. The first kappa shape index (κ1) is 18.7. The lowest BCUT2D eigenvalue weighted by Gasteiger charge is -2.47. The van der Waals surface area contributed by atoms with Crippen LogP contribution in [-0.4, -0.2) is 62.3 Å². The third-order valence-corrected chi connectivity index (χ3v) is 7.93. The molecule has 0 aromatic heterocycles. The summed E-state index contributed by atoms with van der Waals surface area (Å²) < 4.78 is 5.54. The Kier molecular flexibility index (Phi) is 5.58. The number of ether oxygens (including phenoxy) is 1. The number of amides is 1. The van der Waals surface area contributed by atoms with E-state index in [1.165, 1.54) is 45.2 Å². The predicted octanol–water partition coefficient (Wildman–Crippen LogP) is 2.02. The maximum atomic E-state index is 13.3. The molecule has 3 aliphatic heterocycles. The van der Waals surface area contributed by atoms with E-state index in [0.29, 0.717) is 36.5 Å². The highest BCUT2D eigenvalue weighted by Crippen LogP contribution is 2.52. The fraction of sp³-hybridized carbons (Fsp3) is 0.952.